The molecular weight excluding hydrogens is 140 g/mol. The smallest absolute Gasteiger partial charge is 0.0702 e. The van der Waals surface area contributed by atoms with Gasteiger partial charge in [0.15, 0.2) is 0 Å². The van der Waals surface area contributed by atoms with Crippen LogP contribution in [-0.2, 0) is 0 Å². The minimum Gasteiger partial charge on any atom is -0.396 e. The molecule has 0 fully saturated rings. The third-order valence-electron chi connectivity index (χ3n) is 1.24. The van der Waals surface area contributed by atoms with Crippen LogP contribution in [0.4, 0.5) is 0 Å². The molecule has 0 heterocycles. The summed E-state index contributed by atoms with van der Waals surface area (Å²) < 4.78 is 0. The van der Waals surface area contributed by atoms with Crippen molar-refractivity contribution in [3.8, 4) is 0 Å². The Labute approximate surface area is 60.5 Å². The SMILES string of the molecule is CC[C@@H](O)[C@H](Cl)CCO. The Morgan fingerprint density at radius 2 is 2.11 bits per heavy atom. The van der Waals surface area contributed by atoms with Crippen LogP contribution in [0.25, 0.3) is 0 Å². The molecule has 0 bridgehead atoms. The number of rotatable bonds is 4. The summed E-state index contributed by atoms with van der Waals surface area (Å²) in [5.41, 5.74) is 0. The van der Waals surface area contributed by atoms with E-state index in [0.717, 1.165) is 0 Å². The van der Waals surface area contributed by atoms with Crippen LogP contribution in [0.15, 0.2) is 0 Å². The molecule has 56 valence electrons. The molecule has 0 rings (SSSR count). The number of halogens is 1. The van der Waals surface area contributed by atoms with E-state index in [1.807, 2.05) is 6.92 Å². The number of aliphatic hydroxyl groups excluding tert-OH is 2. The lowest BCUT2D eigenvalue weighted by Crippen LogP contribution is -2.20. The van der Waals surface area contributed by atoms with Gasteiger partial charge < -0.3 is 10.2 Å². The number of alkyl halides is 1. The summed E-state index contributed by atoms with van der Waals surface area (Å²) in [7, 11) is 0. The minimum atomic E-state index is -0.473. The van der Waals surface area contributed by atoms with Crippen molar-refractivity contribution in [2.24, 2.45) is 0 Å². The molecule has 0 aromatic heterocycles. The summed E-state index contributed by atoms with van der Waals surface area (Å²) in [6.07, 6.45) is 0.642. The second-order valence-electron chi connectivity index (χ2n) is 2.00. The molecule has 0 radical (unpaired) electrons. The average Bonchev–Trinajstić information content (AvgIpc) is 1.87. The topological polar surface area (TPSA) is 40.5 Å². The molecule has 0 aliphatic heterocycles. The Morgan fingerprint density at radius 1 is 1.56 bits per heavy atom. The summed E-state index contributed by atoms with van der Waals surface area (Å²) in [5, 5.41) is 17.1. The molecule has 0 aromatic rings. The van der Waals surface area contributed by atoms with Gasteiger partial charge in [0.2, 0.25) is 0 Å². The highest BCUT2D eigenvalue weighted by Crippen LogP contribution is 2.09. The van der Waals surface area contributed by atoms with Gasteiger partial charge in [-0.25, -0.2) is 0 Å². The van der Waals surface area contributed by atoms with Gasteiger partial charge in [-0.3, -0.25) is 0 Å². The van der Waals surface area contributed by atoms with Crippen LogP contribution in [0.3, 0.4) is 0 Å². The Hall–Kier alpha value is 0.210. The summed E-state index contributed by atoms with van der Waals surface area (Å²) in [4.78, 5) is 0. The van der Waals surface area contributed by atoms with Gasteiger partial charge in [-0.1, -0.05) is 6.92 Å². The van der Waals surface area contributed by atoms with Gasteiger partial charge in [0, 0.05) is 6.61 Å². The molecule has 0 saturated heterocycles. The van der Waals surface area contributed by atoms with Crippen LogP contribution in [0, 0.1) is 0 Å². The van der Waals surface area contributed by atoms with Crippen molar-refractivity contribution in [3.05, 3.63) is 0 Å². The quantitative estimate of drug-likeness (QED) is 0.584. The van der Waals surface area contributed by atoms with Gasteiger partial charge in [0.05, 0.1) is 11.5 Å². The van der Waals surface area contributed by atoms with Crippen molar-refractivity contribution in [1.29, 1.82) is 0 Å². The van der Waals surface area contributed by atoms with Crippen LogP contribution < -0.4 is 0 Å². The monoisotopic (exact) mass is 152 g/mol. The van der Waals surface area contributed by atoms with E-state index in [4.69, 9.17) is 21.8 Å². The Balaban J connectivity index is 3.32. The molecule has 2 nitrogen and oxygen atoms in total. The van der Waals surface area contributed by atoms with E-state index in [9.17, 15) is 0 Å². The zero-order valence-corrected chi connectivity index (χ0v) is 6.30. The Kier molecular flexibility index (Phi) is 5.15. The van der Waals surface area contributed by atoms with E-state index in [2.05, 4.69) is 0 Å². The molecule has 0 amide bonds. The third-order valence-corrected chi connectivity index (χ3v) is 1.75. The second kappa shape index (κ2) is 5.03. The Morgan fingerprint density at radius 3 is 2.44 bits per heavy atom. The molecule has 0 unspecified atom stereocenters. The lowest BCUT2D eigenvalue weighted by atomic mass is 10.1. The van der Waals surface area contributed by atoms with Gasteiger partial charge in [-0.2, -0.15) is 0 Å². The minimum absolute atomic E-state index is 0.0469. The third kappa shape index (κ3) is 3.73. The summed E-state index contributed by atoms with van der Waals surface area (Å²) in [6.45, 7) is 1.91. The molecule has 0 aromatic carbocycles. The maximum absolute atomic E-state index is 9.01. The highest BCUT2D eigenvalue weighted by Gasteiger charge is 2.12. The molecule has 2 N–H and O–H groups in total. The largest absolute Gasteiger partial charge is 0.396 e. The van der Waals surface area contributed by atoms with Crippen LogP contribution in [-0.4, -0.2) is 28.3 Å². The van der Waals surface area contributed by atoms with Gasteiger partial charge in [-0.15, -0.1) is 11.6 Å². The average molecular weight is 153 g/mol. The highest BCUT2D eigenvalue weighted by atomic mass is 35.5. The Bertz CT molecular complexity index is 68.1. The molecule has 2 atom stereocenters. The van der Waals surface area contributed by atoms with Crippen molar-refractivity contribution >= 4 is 11.6 Å². The van der Waals surface area contributed by atoms with Crippen molar-refractivity contribution < 1.29 is 10.2 Å². The second-order valence-corrected chi connectivity index (χ2v) is 2.56. The number of hydrogen-bond acceptors (Lipinski definition) is 2. The van der Waals surface area contributed by atoms with E-state index >= 15 is 0 Å². The molecule has 0 spiro atoms. The summed E-state index contributed by atoms with van der Waals surface area (Å²) in [6, 6.07) is 0. The summed E-state index contributed by atoms with van der Waals surface area (Å²) in [5.74, 6) is 0. The normalized spacial score (nSPS) is 17.3. The van der Waals surface area contributed by atoms with E-state index < -0.39 is 6.10 Å². The predicted molar refractivity (Wildman–Crippen MR) is 37.6 cm³/mol. The zero-order valence-electron chi connectivity index (χ0n) is 5.55. The lowest BCUT2D eigenvalue weighted by molar-refractivity contribution is 0.150. The van der Waals surface area contributed by atoms with Crippen molar-refractivity contribution in [1.82, 2.24) is 0 Å². The first-order valence-electron chi connectivity index (χ1n) is 3.15. The number of hydrogen-bond donors (Lipinski definition) is 2. The van der Waals surface area contributed by atoms with Crippen molar-refractivity contribution in [2.75, 3.05) is 6.61 Å². The van der Waals surface area contributed by atoms with E-state index in [-0.39, 0.29) is 12.0 Å². The van der Waals surface area contributed by atoms with Gasteiger partial charge >= 0.3 is 0 Å². The molecule has 3 heteroatoms. The molecule has 0 saturated carbocycles. The number of aliphatic hydroxyl groups is 2. The van der Waals surface area contributed by atoms with Crippen molar-refractivity contribution in [2.45, 2.75) is 31.2 Å². The maximum Gasteiger partial charge on any atom is 0.0702 e. The fourth-order valence-corrected chi connectivity index (χ4v) is 0.847. The zero-order chi connectivity index (χ0) is 7.28. The first-order valence-corrected chi connectivity index (χ1v) is 3.59. The first-order chi connectivity index (χ1) is 4.22. The van der Waals surface area contributed by atoms with Crippen LogP contribution in [0.5, 0.6) is 0 Å². The van der Waals surface area contributed by atoms with Gasteiger partial charge in [0.1, 0.15) is 0 Å². The molecule has 0 aliphatic rings. The molecular formula is C6H13ClO2. The fourth-order valence-electron chi connectivity index (χ4n) is 0.571. The standard InChI is InChI=1S/C6H13ClO2/c1-2-6(9)5(7)3-4-8/h5-6,8-9H,2-4H2,1H3/t5-,6-/m1/s1. The van der Waals surface area contributed by atoms with Gasteiger partial charge in [0.25, 0.3) is 0 Å². The van der Waals surface area contributed by atoms with Crippen LogP contribution in [0.1, 0.15) is 19.8 Å². The predicted octanol–water partition coefficient (Wildman–Crippen LogP) is 0.747. The maximum atomic E-state index is 9.01. The van der Waals surface area contributed by atoms with E-state index in [1.165, 1.54) is 0 Å². The molecule has 0 aliphatic carbocycles. The van der Waals surface area contributed by atoms with E-state index in [1.54, 1.807) is 0 Å². The van der Waals surface area contributed by atoms with Gasteiger partial charge in [-0.05, 0) is 12.8 Å². The first kappa shape index (κ1) is 9.21. The highest BCUT2D eigenvalue weighted by molar-refractivity contribution is 6.21. The fraction of sp³-hybridized carbons (Fsp3) is 1.00. The lowest BCUT2D eigenvalue weighted by Gasteiger charge is -2.12. The molecule has 9 heavy (non-hydrogen) atoms. The van der Waals surface area contributed by atoms with Crippen LogP contribution in [0.2, 0.25) is 0 Å². The van der Waals surface area contributed by atoms with E-state index in [0.29, 0.717) is 12.8 Å². The van der Waals surface area contributed by atoms with Crippen molar-refractivity contribution in [3.63, 3.8) is 0 Å². The summed E-state index contributed by atoms with van der Waals surface area (Å²) >= 11 is 5.62. The van der Waals surface area contributed by atoms with Crippen LogP contribution >= 0.6 is 11.6 Å².